The van der Waals surface area contributed by atoms with E-state index < -0.39 is 6.04 Å². The van der Waals surface area contributed by atoms with Crippen molar-refractivity contribution >= 4 is 23.4 Å². The topological polar surface area (TPSA) is 78.4 Å². The van der Waals surface area contributed by atoms with E-state index in [-0.39, 0.29) is 30.3 Å². The SMILES string of the molecule is CC(CO)CNC(=O)C(NC(=O)c1ccc(Cl)cc1)C(C)C. The van der Waals surface area contributed by atoms with Crippen LogP contribution < -0.4 is 10.6 Å². The highest BCUT2D eigenvalue weighted by molar-refractivity contribution is 6.30. The van der Waals surface area contributed by atoms with E-state index >= 15 is 0 Å². The zero-order valence-corrected chi connectivity index (χ0v) is 13.9. The second-order valence-electron chi connectivity index (χ2n) is 5.73. The Hall–Kier alpha value is -1.59. The van der Waals surface area contributed by atoms with E-state index in [1.54, 1.807) is 24.3 Å². The third-order valence-corrected chi connectivity index (χ3v) is 3.53. The van der Waals surface area contributed by atoms with Crippen molar-refractivity contribution < 1.29 is 14.7 Å². The largest absolute Gasteiger partial charge is 0.396 e. The Kier molecular flexibility index (Phi) is 7.35. The monoisotopic (exact) mass is 326 g/mol. The van der Waals surface area contributed by atoms with Gasteiger partial charge in [-0.2, -0.15) is 0 Å². The summed E-state index contributed by atoms with van der Waals surface area (Å²) in [4.78, 5) is 24.4. The molecule has 0 aliphatic carbocycles. The number of carbonyl (C=O) groups is 2. The van der Waals surface area contributed by atoms with Crippen LogP contribution in [0.5, 0.6) is 0 Å². The lowest BCUT2D eigenvalue weighted by Crippen LogP contribution is -2.50. The minimum absolute atomic E-state index is 0.00373. The fourth-order valence-electron chi connectivity index (χ4n) is 1.81. The van der Waals surface area contributed by atoms with Gasteiger partial charge in [0.1, 0.15) is 6.04 Å². The van der Waals surface area contributed by atoms with Crippen molar-refractivity contribution in [3.8, 4) is 0 Å². The van der Waals surface area contributed by atoms with Crippen LogP contribution in [-0.4, -0.2) is 36.1 Å². The van der Waals surface area contributed by atoms with Crippen LogP contribution in [0.1, 0.15) is 31.1 Å². The van der Waals surface area contributed by atoms with Crippen LogP contribution in [0, 0.1) is 11.8 Å². The minimum atomic E-state index is -0.630. The standard InChI is InChI=1S/C16H23ClN2O3/c1-10(2)14(16(22)18-8-11(3)9-20)19-15(21)12-4-6-13(17)7-5-12/h4-7,10-11,14,20H,8-9H2,1-3H3,(H,18,22)(H,19,21). The average molecular weight is 327 g/mol. The van der Waals surface area contributed by atoms with Gasteiger partial charge >= 0.3 is 0 Å². The Morgan fingerprint density at radius 2 is 1.77 bits per heavy atom. The van der Waals surface area contributed by atoms with Gasteiger partial charge in [-0.3, -0.25) is 9.59 Å². The molecule has 2 unspecified atom stereocenters. The van der Waals surface area contributed by atoms with E-state index in [1.165, 1.54) is 0 Å². The van der Waals surface area contributed by atoms with Gasteiger partial charge < -0.3 is 15.7 Å². The molecule has 1 aromatic carbocycles. The number of nitrogens with one attached hydrogen (secondary N) is 2. The number of hydrogen-bond donors (Lipinski definition) is 3. The summed E-state index contributed by atoms with van der Waals surface area (Å²) in [5.74, 6) is -0.650. The van der Waals surface area contributed by atoms with Crippen molar-refractivity contribution in [3.63, 3.8) is 0 Å². The molecule has 2 atom stereocenters. The summed E-state index contributed by atoms with van der Waals surface area (Å²) >= 11 is 5.79. The van der Waals surface area contributed by atoms with Crippen LogP contribution in [0.4, 0.5) is 0 Å². The van der Waals surface area contributed by atoms with Crippen molar-refractivity contribution in [3.05, 3.63) is 34.9 Å². The molecule has 2 amide bonds. The molecule has 0 fully saturated rings. The fourth-order valence-corrected chi connectivity index (χ4v) is 1.94. The van der Waals surface area contributed by atoms with E-state index in [0.717, 1.165) is 0 Å². The van der Waals surface area contributed by atoms with Gasteiger partial charge in [-0.1, -0.05) is 32.4 Å². The van der Waals surface area contributed by atoms with Crippen molar-refractivity contribution in [2.24, 2.45) is 11.8 Å². The van der Waals surface area contributed by atoms with Gasteiger partial charge in [-0.25, -0.2) is 0 Å². The number of aliphatic hydroxyl groups is 1. The van der Waals surface area contributed by atoms with Crippen molar-refractivity contribution in [2.75, 3.05) is 13.2 Å². The Labute approximate surface area is 136 Å². The Balaban J connectivity index is 2.69. The van der Waals surface area contributed by atoms with Crippen LogP contribution in [0.2, 0.25) is 5.02 Å². The highest BCUT2D eigenvalue weighted by Gasteiger charge is 2.24. The predicted molar refractivity (Wildman–Crippen MR) is 86.8 cm³/mol. The third kappa shape index (κ3) is 5.66. The fraction of sp³-hybridized carbons (Fsp3) is 0.500. The van der Waals surface area contributed by atoms with Gasteiger partial charge in [0.15, 0.2) is 0 Å². The zero-order chi connectivity index (χ0) is 16.7. The second-order valence-corrected chi connectivity index (χ2v) is 6.17. The lowest BCUT2D eigenvalue weighted by Gasteiger charge is -2.22. The molecule has 0 saturated heterocycles. The molecule has 0 bridgehead atoms. The van der Waals surface area contributed by atoms with Crippen molar-refractivity contribution in [1.82, 2.24) is 10.6 Å². The quantitative estimate of drug-likeness (QED) is 0.715. The summed E-state index contributed by atoms with van der Waals surface area (Å²) in [6, 6.07) is 5.85. The van der Waals surface area contributed by atoms with E-state index in [1.807, 2.05) is 20.8 Å². The highest BCUT2D eigenvalue weighted by Crippen LogP contribution is 2.10. The summed E-state index contributed by atoms with van der Waals surface area (Å²) in [6.45, 7) is 5.93. The molecule has 0 heterocycles. The molecule has 22 heavy (non-hydrogen) atoms. The lowest BCUT2D eigenvalue weighted by atomic mass is 10.0. The molecule has 122 valence electrons. The maximum Gasteiger partial charge on any atom is 0.251 e. The summed E-state index contributed by atoms with van der Waals surface area (Å²) in [6.07, 6.45) is 0. The molecule has 1 aromatic rings. The average Bonchev–Trinajstić information content (AvgIpc) is 2.49. The number of benzene rings is 1. The predicted octanol–water partition coefficient (Wildman–Crippen LogP) is 1.84. The number of aliphatic hydroxyl groups excluding tert-OH is 1. The van der Waals surface area contributed by atoms with E-state index in [2.05, 4.69) is 10.6 Å². The molecule has 0 aromatic heterocycles. The Morgan fingerprint density at radius 3 is 2.27 bits per heavy atom. The number of hydrogen-bond acceptors (Lipinski definition) is 3. The summed E-state index contributed by atoms with van der Waals surface area (Å²) in [7, 11) is 0. The lowest BCUT2D eigenvalue weighted by molar-refractivity contribution is -0.124. The van der Waals surface area contributed by atoms with Gasteiger partial charge in [-0.05, 0) is 36.1 Å². The number of halogens is 1. The van der Waals surface area contributed by atoms with Crippen LogP contribution in [0.3, 0.4) is 0 Å². The first-order chi connectivity index (χ1) is 10.3. The molecule has 6 heteroatoms. The van der Waals surface area contributed by atoms with Gasteiger partial charge in [0.2, 0.25) is 5.91 Å². The smallest absolute Gasteiger partial charge is 0.251 e. The molecule has 5 nitrogen and oxygen atoms in total. The van der Waals surface area contributed by atoms with E-state index in [9.17, 15) is 9.59 Å². The molecule has 0 saturated carbocycles. The van der Waals surface area contributed by atoms with Gasteiger partial charge in [-0.15, -0.1) is 0 Å². The number of rotatable bonds is 7. The Morgan fingerprint density at radius 1 is 1.18 bits per heavy atom. The first-order valence-electron chi connectivity index (χ1n) is 7.30. The van der Waals surface area contributed by atoms with E-state index in [4.69, 9.17) is 16.7 Å². The van der Waals surface area contributed by atoms with Crippen molar-refractivity contribution in [1.29, 1.82) is 0 Å². The molecule has 0 aliphatic heterocycles. The molecule has 3 N–H and O–H groups in total. The minimum Gasteiger partial charge on any atom is -0.396 e. The van der Waals surface area contributed by atoms with Crippen LogP contribution in [0.15, 0.2) is 24.3 Å². The van der Waals surface area contributed by atoms with Crippen molar-refractivity contribution in [2.45, 2.75) is 26.8 Å². The molecule has 0 aliphatic rings. The summed E-state index contributed by atoms with van der Waals surface area (Å²) < 4.78 is 0. The summed E-state index contributed by atoms with van der Waals surface area (Å²) in [5.41, 5.74) is 0.451. The number of carbonyl (C=O) groups excluding carboxylic acids is 2. The first kappa shape index (κ1) is 18.5. The maximum atomic E-state index is 12.2. The molecule has 0 spiro atoms. The van der Waals surface area contributed by atoms with Gasteiger partial charge in [0.25, 0.3) is 5.91 Å². The highest BCUT2D eigenvalue weighted by atomic mass is 35.5. The van der Waals surface area contributed by atoms with Crippen LogP contribution in [-0.2, 0) is 4.79 Å². The third-order valence-electron chi connectivity index (χ3n) is 3.28. The Bertz CT molecular complexity index is 503. The zero-order valence-electron chi connectivity index (χ0n) is 13.1. The summed E-state index contributed by atoms with van der Waals surface area (Å²) in [5, 5.41) is 15.0. The molecule has 1 rings (SSSR count). The molecule has 0 radical (unpaired) electrons. The van der Waals surface area contributed by atoms with Crippen LogP contribution in [0.25, 0.3) is 0 Å². The maximum absolute atomic E-state index is 12.2. The van der Waals surface area contributed by atoms with E-state index in [0.29, 0.717) is 17.1 Å². The van der Waals surface area contributed by atoms with Crippen LogP contribution >= 0.6 is 11.6 Å². The van der Waals surface area contributed by atoms with Gasteiger partial charge in [0.05, 0.1) is 0 Å². The van der Waals surface area contributed by atoms with Gasteiger partial charge in [0, 0.05) is 23.7 Å². The normalized spacial score (nSPS) is 13.5. The molecular weight excluding hydrogens is 304 g/mol. The first-order valence-corrected chi connectivity index (χ1v) is 7.68. The second kappa shape index (κ2) is 8.76. The number of amides is 2. The molecular formula is C16H23ClN2O3.